The van der Waals surface area contributed by atoms with Crippen molar-refractivity contribution in [3.63, 3.8) is 0 Å². The van der Waals surface area contributed by atoms with Crippen LogP contribution in [0.15, 0.2) is 30.3 Å². The van der Waals surface area contributed by atoms with E-state index in [1.807, 2.05) is 0 Å². The summed E-state index contributed by atoms with van der Waals surface area (Å²) >= 11 is 0. The standard InChI is InChI=1S/C24H27F6NO3/c1-2-33-21(32)12-13-31-14-15-4-3-5-19-18(15)10-11-20(22(19)24(28,29)30)34-17-8-6-16(7-9-17)23(25,26)27/h3-5,10-11,16-17,31H,2,6-9,12-14H2,1H3/t16-,17+. The lowest BCUT2D eigenvalue weighted by atomic mass is 9.87. The van der Waals surface area contributed by atoms with E-state index in [0.29, 0.717) is 17.5 Å². The highest BCUT2D eigenvalue weighted by atomic mass is 19.4. The minimum absolute atomic E-state index is 0.0429. The lowest BCUT2D eigenvalue weighted by Crippen LogP contribution is -2.32. The molecule has 1 fully saturated rings. The summed E-state index contributed by atoms with van der Waals surface area (Å²) in [5.41, 5.74) is -0.319. The average Bonchev–Trinajstić information content (AvgIpc) is 2.75. The van der Waals surface area contributed by atoms with Crippen molar-refractivity contribution in [1.82, 2.24) is 5.32 Å². The van der Waals surface area contributed by atoms with E-state index < -0.39 is 29.9 Å². The number of carbonyl (C=O) groups is 1. The number of alkyl halides is 6. The van der Waals surface area contributed by atoms with Crippen molar-refractivity contribution < 1.29 is 40.6 Å². The van der Waals surface area contributed by atoms with Gasteiger partial charge in [-0.2, -0.15) is 26.3 Å². The Kier molecular flexibility index (Phi) is 8.33. The maximum Gasteiger partial charge on any atom is 0.420 e. The van der Waals surface area contributed by atoms with Crippen molar-refractivity contribution in [2.45, 2.75) is 64.0 Å². The molecule has 1 aliphatic rings. The van der Waals surface area contributed by atoms with E-state index in [-0.39, 0.29) is 62.4 Å². The predicted molar refractivity (Wildman–Crippen MR) is 114 cm³/mol. The summed E-state index contributed by atoms with van der Waals surface area (Å²) < 4.78 is 91.3. The summed E-state index contributed by atoms with van der Waals surface area (Å²) in [5.74, 6) is -2.17. The van der Waals surface area contributed by atoms with E-state index in [0.717, 1.165) is 0 Å². The third-order valence-electron chi connectivity index (χ3n) is 5.95. The molecule has 1 saturated carbocycles. The van der Waals surface area contributed by atoms with Crippen LogP contribution in [0.4, 0.5) is 26.3 Å². The second-order valence-corrected chi connectivity index (χ2v) is 8.31. The van der Waals surface area contributed by atoms with Gasteiger partial charge in [0.15, 0.2) is 0 Å². The Bertz CT molecular complexity index is 981. The molecule has 0 aromatic heterocycles. The fourth-order valence-electron chi connectivity index (χ4n) is 4.28. The first-order valence-corrected chi connectivity index (χ1v) is 11.2. The highest BCUT2D eigenvalue weighted by molar-refractivity contribution is 5.91. The molecule has 4 nitrogen and oxygen atoms in total. The Morgan fingerprint density at radius 1 is 1.00 bits per heavy atom. The Morgan fingerprint density at radius 2 is 1.71 bits per heavy atom. The van der Waals surface area contributed by atoms with Crippen molar-refractivity contribution in [3.8, 4) is 5.75 Å². The highest BCUT2D eigenvalue weighted by Gasteiger charge is 2.42. The monoisotopic (exact) mass is 491 g/mol. The molecule has 0 radical (unpaired) electrons. The SMILES string of the molecule is CCOC(=O)CCNCc1cccc2c(C(F)(F)F)c(O[C@H]3CC[C@@H](C(F)(F)F)CC3)ccc12. The van der Waals surface area contributed by atoms with Gasteiger partial charge in [-0.3, -0.25) is 4.79 Å². The maximum absolute atomic E-state index is 14.1. The van der Waals surface area contributed by atoms with Gasteiger partial charge in [-0.05, 0) is 55.0 Å². The van der Waals surface area contributed by atoms with Gasteiger partial charge in [-0.1, -0.05) is 24.3 Å². The molecule has 0 amide bonds. The van der Waals surface area contributed by atoms with Gasteiger partial charge in [-0.25, -0.2) is 0 Å². The molecule has 0 bridgehead atoms. The first-order valence-electron chi connectivity index (χ1n) is 11.2. The van der Waals surface area contributed by atoms with Crippen LogP contribution in [0.1, 0.15) is 50.2 Å². The second-order valence-electron chi connectivity index (χ2n) is 8.31. The summed E-state index contributed by atoms with van der Waals surface area (Å²) in [6, 6.07) is 7.33. The van der Waals surface area contributed by atoms with Crippen LogP contribution in [0.2, 0.25) is 0 Å². The third kappa shape index (κ3) is 6.55. The Labute approximate surface area is 193 Å². The minimum atomic E-state index is -4.71. The van der Waals surface area contributed by atoms with E-state index in [1.165, 1.54) is 24.3 Å². The fraction of sp³-hybridized carbons (Fsp3) is 0.542. The van der Waals surface area contributed by atoms with Crippen molar-refractivity contribution in [2.75, 3.05) is 13.2 Å². The summed E-state index contributed by atoms with van der Waals surface area (Å²) in [6.07, 6.45) is -9.81. The van der Waals surface area contributed by atoms with Crippen LogP contribution in [0.5, 0.6) is 5.75 Å². The van der Waals surface area contributed by atoms with E-state index in [1.54, 1.807) is 13.0 Å². The van der Waals surface area contributed by atoms with Crippen molar-refractivity contribution in [1.29, 1.82) is 0 Å². The fourth-order valence-corrected chi connectivity index (χ4v) is 4.28. The number of carbonyl (C=O) groups excluding carboxylic acids is 1. The number of benzene rings is 2. The van der Waals surface area contributed by atoms with Crippen LogP contribution in [-0.4, -0.2) is 31.4 Å². The molecule has 3 rings (SSSR count). The number of hydrogen-bond donors (Lipinski definition) is 1. The van der Waals surface area contributed by atoms with Crippen LogP contribution in [0.3, 0.4) is 0 Å². The first kappa shape index (κ1) is 26.1. The molecule has 1 N–H and O–H groups in total. The molecule has 0 saturated heterocycles. The second kappa shape index (κ2) is 10.8. The zero-order valence-corrected chi connectivity index (χ0v) is 18.7. The normalized spacial score (nSPS) is 19.3. The number of fused-ring (bicyclic) bond motifs is 1. The quantitative estimate of drug-likeness (QED) is 0.264. The smallest absolute Gasteiger partial charge is 0.420 e. The van der Waals surface area contributed by atoms with Gasteiger partial charge < -0.3 is 14.8 Å². The van der Waals surface area contributed by atoms with E-state index >= 15 is 0 Å². The summed E-state index contributed by atoms with van der Waals surface area (Å²) in [6.45, 7) is 2.53. The lowest BCUT2D eigenvalue weighted by molar-refractivity contribution is -0.185. The number of hydrogen-bond acceptors (Lipinski definition) is 4. The van der Waals surface area contributed by atoms with Gasteiger partial charge in [0.2, 0.25) is 0 Å². The number of halogens is 6. The molecule has 0 spiro atoms. The van der Waals surface area contributed by atoms with Crippen LogP contribution in [0.25, 0.3) is 10.8 Å². The van der Waals surface area contributed by atoms with E-state index in [4.69, 9.17) is 9.47 Å². The van der Waals surface area contributed by atoms with Crippen LogP contribution in [-0.2, 0) is 22.3 Å². The lowest BCUT2D eigenvalue weighted by Gasteiger charge is -2.31. The van der Waals surface area contributed by atoms with E-state index in [9.17, 15) is 31.1 Å². The highest BCUT2D eigenvalue weighted by Crippen LogP contribution is 2.44. The molecule has 1 aliphatic carbocycles. The van der Waals surface area contributed by atoms with Crippen LogP contribution < -0.4 is 10.1 Å². The number of nitrogens with one attached hydrogen (secondary N) is 1. The molecular formula is C24H27F6NO3. The molecule has 188 valence electrons. The maximum atomic E-state index is 14.1. The van der Waals surface area contributed by atoms with Gasteiger partial charge in [0.05, 0.1) is 25.0 Å². The van der Waals surface area contributed by atoms with Gasteiger partial charge in [0.25, 0.3) is 0 Å². The Hall–Kier alpha value is -2.49. The summed E-state index contributed by atoms with van der Waals surface area (Å²) in [4.78, 5) is 11.4. The molecule has 0 atom stereocenters. The molecule has 0 aliphatic heterocycles. The number of ether oxygens (including phenoxy) is 2. The van der Waals surface area contributed by atoms with Crippen molar-refractivity contribution in [3.05, 3.63) is 41.5 Å². The predicted octanol–water partition coefficient (Wildman–Crippen LogP) is 6.40. The molecule has 2 aromatic rings. The van der Waals surface area contributed by atoms with Gasteiger partial charge in [0, 0.05) is 13.1 Å². The summed E-state index contributed by atoms with van der Waals surface area (Å²) in [5, 5.41) is 3.37. The third-order valence-corrected chi connectivity index (χ3v) is 5.95. The van der Waals surface area contributed by atoms with Crippen molar-refractivity contribution in [2.24, 2.45) is 5.92 Å². The number of rotatable bonds is 8. The van der Waals surface area contributed by atoms with Crippen molar-refractivity contribution >= 4 is 16.7 Å². The van der Waals surface area contributed by atoms with Crippen LogP contribution >= 0.6 is 0 Å². The van der Waals surface area contributed by atoms with Gasteiger partial charge in [-0.15, -0.1) is 0 Å². The van der Waals surface area contributed by atoms with Gasteiger partial charge >= 0.3 is 18.3 Å². The first-order chi connectivity index (χ1) is 16.0. The average molecular weight is 491 g/mol. The molecule has 10 heteroatoms. The molecule has 0 unspecified atom stereocenters. The molecule has 34 heavy (non-hydrogen) atoms. The Balaban J connectivity index is 1.78. The van der Waals surface area contributed by atoms with E-state index in [2.05, 4.69) is 5.32 Å². The molecule has 0 heterocycles. The molecular weight excluding hydrogens is 464 g/mol. The summed E-state index contributed by atoms with van der Waals surface area (Å²) in [7, 11) is 0. The zero-order valence-electron chi connectivity index (χ0n) is 18.7. The van der Waals surface area contributed by atoms with Gasteiger partial charge in [0.1, 0.15) is 11.3 Å². The number of esters is 1. The Morgan fingerprint density at radius 3 is 2.32 bits per heavy atom. The zero-order chi connectivity index (χ0) is 24.9. The topological polar surface area (TPSA) is 47.6 Å². The minimum Gasteiger partial charge on any atom is -0.490 e. The molecule has 2 aromatic carbocycles. The van der Waals surface area contributed by atoms with Crippen LogP contribution in [0, 0.1) is 5.92 Å². The largest absolute Gasteiger partial charge is 0.490 e.